The maximum Gasteiger partial charge on any atom is 2.00 e. The molecule has 0 heterocycles. The SMILES string of the molecule is O=C(O)c1ccccc1.O=C(O)c1ccccc1.[O-2].[O-2].[Zn+2].[Zn+2].[Zn+2]. The average molecular weight is 472 g/mol. The monoisotopic (exact) mass is 468 g/mol. The predicted octanol–water partition coefficient (Wildman–Crippen LogP) is 2.52. The Morgan fingerprint density at radius 1 is 0.565 bits per heavy atom. The molecule has 0 saturated carbocycles. The van der Waals surface area contributed by atoms with Gasteiger partial charge in [0.25, 0.3) is 0 Å². The first-order valence-corrected chi connectivity index (χ1v) is 5.18. The van der Waals surface area contributed by atoms with Crippen LogP contribution >= 0.6 is 0 Å². The van der Waals surface area contributed by atoms with Crippen LogP contribution in [-0.2, 0) is 69.4 Å². The van der Waals surface area contributed by atoms with E-state index in [0.29, 0.717) is 11.1 Å². The number of rotatable bonds is 2. The van der Waals surface area contributed by atoms with Crippen LogP contribution in [0.3, 0.4) is 0 Å². The Labute approximate surface area is 172 Å². The molecular weight excluding hydrogens is 460 g/mol. The van der Waals surface area contributed by atoms with Gasteiger partial charge in [-0.25, -0.2) is 9.59 Å². The van der Waals surface area contributed by atoms with Gasteiger partial charge in [-0.1, -0.05) is 36.4 Å². The van der Waals surface area contributed by atoms with Gasteiger partial charge in [-0.2, -0.15) is 0 Å². The zero-order valence-corrected chi connectivity index (χ0v) is 21.3. The minimum absolute atomic E-state index is 0. The molecule has 108 valence electrons. The van der Waals surface area contributed by atoms with E-state index in [4.69, 9.17) is 10.2 Å². The molecule has 23 heavy (non-hydrogen) atoms. The van der Waals surface area contributed by atoms with Gasteiger partial charge in [0.05, 0.1) is 11.1 Å². The third-order valence-electron chi connectivity index (χ3n) is 2.04. The van der Waals surface area contributed by atoms with Gasteiger partial charge >= 0.3 is 70.4 Å². The van der Waals surface area contributed by atoms with Crippen LogP contribution in [0.2, 0.25) is 0 Å². The van der Waals surface area contributed by atoms with Crippen LogP contribution in [0.5, 0.6) is 0 Å². The van der Waals surface area contributed by atoms with E-state index in [1.807, 2.05) is 0 Å². The molecule has 0 saturated heterocycles. The second-order valence-electron chi connectivity index (χ2n) is 3.34. The third kappa shape index (κ3) is 14.5. The summed E-state index contributed by atoms with van der Waals surface area (Å²) in [6.07, 6.45) is 0. The first kappa shape index (κ1) is 33.7. The van der Waals surface area contributed by atoms with E-state index in [9.17, 15) is 9.59 Å². The maximum atomic E-state index is 10.2. The topological polar surface area (TPSA) is 132 Å². The fourth-order valence-corrected chi connectivity index (χ4v) is 1.16. The number of hydrogen-bond donors (Lipinski definition) is 2. The van der Waals surface area contributed by atoms with Crippen LogP contribution in [0.1, 0.15) is 20.7 Å². The largest absolute Gasteiger partial charge is 2.00 e. The summed E-state index contributed by atoms with van der Waals surface area (Å²) in [6, 6.07) is 16.6. The molecule has 2 aromatic rings. The molecule has 0 radical (unpaired) electrons. The van der Waals surface area contributed by atoms with Crippen molar-refractivity contribution in [2.75, 3.05) is 0 Å². The Morgan fingerprint density at radius 2 is 0.783 bits per heavy atom. The molecule has 0 aliphatic heterocycles. The van der Waals surface area contributed by atoms with E-state index >= 15 is 0 Å². The van der Waals surface area contributed by atoms with Crippen molar-refractivity contribution >= 4 is 11.9 Å². The summed E-state index contributed by atoms with van der Waals surface area (Å²) >= 11 is 0. The number of benzene rings is 2. The number of carboxylic acids is 2. The van der Waals surface area contributed by atoms with Gasteiger partial charge in [0.15, 0.2) is 0 Å². The number of carbonyl (C=O) groups is 2. The summed E-state index contributed by atoms with van der Waals surface area (Å²) in [5.41, 5.74) is 0.662. The number of carboxylic acid groups (broad SMARTS) is 2. The minimum Gasteiger partial charge on any atom is -2.00 e. The van der Waals surface area contributed by atoms with E-state index in [0.717, 1.165) is 0 Å². The summed E-state index contributed by atoms with van der Waals surface area (Å²) in [5.74, 6) is -1.76. The van der Waals surface area contributed by atoms with Crippen LogP contribution in [0.25, 0.3) is 0 Å². The number of aromatic carboxylic acids is 2. The number of hydrogen-bond acceptors (Lipinski definition) is 2. The summed E-state index contributed by atoms with van der Waals surface area (Å²) in [6.45, 7) is 0. The van der Waals surface area contributed by atoms with Crippen LogP contribution in [0.4, 0.5) is 0 Å². The summed E-state index contributed by atoms with van der Waals surface area (Å²) in [5, 5.41) is 16.8. The zero-order chi connectivity index (χ0) is 13.4. The van der Waals surface area contributed by atoms with Crippen LogP contribution in [0.15, 0.2) is 60.7 Å². The molecule has 0 aliphatic rings. The quantitative estimate of drug-likeness (QED) is 0.650. The van der Waals surface area contributed by atoms with Crippen molar-refractivity contribution in [2.45, 2.75) is 0 Å². The molecule has 0 fully saturated rings. The van der Waals surface area contributed by atoms with Crippen LogP contribution in [0, 0.1) is 0 Å². The Kier molecular flexibility index (Phi) is 28.2. The van der Waals surface area contributed by atoms with Crippen molar-refractivity contribution in [3.63, 3.8) is 0 Å². The molecule has 0 atom stereocenters. The van der Waals surface area contributed by atoms with Gasteiger partial charge in [-0.15, -0.1) is 0 Å². The molecule has 0 unspecified atom stereocenters. The van der Waals surface area contributed by atoms with E-state index in [-0.39, 0.29) is 69.4 Å². The molecule has 6 nitrogen and oxygen atoms in total. The van der Waals surface area contributed by atoms with E-state index in [2.05, 4.69) is 0 Å². The molecule has 2 rings (SSSR count). The van der Waals surface area contributed by atoms with Crippen LogP contribution in [-0.4, -0.2) is 22.2 Å². The summed E-state index contributed by atoms with van der Waals surface area (Å²) in [7, 11) is 0. The van der Waals surface area contributed by atoms with Gasteiger partial charge in [-0.3, -0.25) is 0 Å². The van der Waals surface area contributed by atoms with E-state index in [1.54, 1.807) is 60.7 Å². The molecule has 0 amide bonds. The molecule has 0 spiro atoms. The standard InChI is InChI=1S/2C7H6O2.2O.3Zn/c2*8-7(9)6-4-2-1-3-5-6;;;;;/h2*1-5H,(H,8,9);;;;;/q;;2*-2;3*+2. The Balaban J connectivity index is -0.0000000771. The molecule has 2 N–H and O–H groups in total. The molecular formula is C14H12O6Zn3+2. The zero-order valence-electron chi connectivity index (χ0n) is 12.4. The van der Waals surface area contributed by atoms with Gasteiger partial charge < -0.3 is 21.2 Å². The second-order valence-corrected chi connectivity index (χ2v) is 3.34. The van der Waals surface area contributed by atoms with Crippen LogP contribution < -0.4 is 0 Å². The first-order valence-electron chi connectivity index (χ1n) is 5.18. The van der Waals surface area contributed by atoms with Gasteiger partial charge in [0.1, 0.15) is 0 Å². The molecule has 0 aliphatic carbocycles. The molecule has 0 aromatic heterocycles. The summed E-state index contributed by atoms with van der Waals surface area (Å²) in [4.78, 5) is 20.4. The maximum absolute atomic E-state index is 10.2. The van der Waals surface area contributed by atoms with Gasteiger partial charge in [0.2, 0.25) is 0 Å². The normalized spacial score (nSPS) is 6.96. The van der Waals surface area contributed by atoms with Crippen molar-refractivity contribution in [1.29, 1.82) is 0 Å². The Bertz CT molecular complexity index is 473. The van der Waals surface area contributed by atoms with E-state index in [1.165, 1.54) is 0 Å². The molecule has 0 bridgehead atoms. The minimum atomic E-state index is -0.879. The van der Waals surface area contributed by atoms with Crippen molar-refractivity contribution in [2.24, 2.45) is 0 Å². The summed E-state index contributed by atoms with van der Waals surface area (Å²) < 4.78 is 0. The van der Waals surface area contributed by atoms with Crippen molar-refractivity contribution in [3.05, 3.63) is 71.8 Å². The fraction of sp³-hybridized carbons (Fsp3) is 0. The molecule has 2 aromatic carbocycles. The fourth-order valence-electron chi connectivity index (χ4n) is 1.16. The molecule has 9 heteroatoms. The smallest absolute Gasteiger partial charge is 2.00 e. The van der Waals surface area contributed by atoms with Gasteiger partial charge in [0, 0.05) is 0 Å². The van der Waals surface area contributed by atoms with Crippen molar-refractivity contribution in [3.8, 4) is 0 Å². The van der Waals surface area contributed by atoms with E-state index < -0.39 is 11.9 Å². The average Bonchev–Trinajstić information content (AvgIpc) is 2.41. The van der Waals surface area contributed by atoms with Crippen molar-refractivity contribution in [1.82, 2.24) is 0 Å². The Morgan fingerprint density at radius 3 is 0.913 bits per heavy atom. The van der Waals surface area contributed by atoms with Crippen molar-refractivity contribution < 1.29 is 89.2 Å². The third-order valence-corrected chi connectivity index (χ3v) is 2.04. The second kappa shape index (κ2) is 19.2. The Hall–Kier alpha value is -0.830. The first-order chi connectivity index (χ1) is 8.61. The predicted molar refractivity (Wildman–Crippen MR) is 68.2 cm³/mol. The van der Waals surface area contributed by atoms with Gasteiger partial charge in [-0.05, 0) is 24.3 Å².